The minimum Gasteiger partial charge on any atom is -0.490 e. The number of rotatable bonds is 5. The monoisotopic (exact) mass is 338 g/mol. The van der Waals surface area contributed by atoms with Gasteiger partial charge in [-0.1, -0.05) is 0 Å². The van der Waals surface area contributed by atoms with Crippen LogP contribution in [0.4, 0.5) is 4.39 Å². The molecule has 0 amide bonds. The number of hydrogen-bond donors (Lipinski definition) is 1. The number of hydrogen-bond acceptors (Lipinski definition) is 4. The second kappa shape index (κ2) is 6.73. The van der Waals surface area contributed by atoms with E-state index >= 15 is 0 Å². The van der Waals surface area contributed by atoms with E-state index in [0.717, 1.165) is 29.5 Å². The average Bonchev–Trinajstić information content (AvgIpc) is 2.49. The number of halogens is 1. The minimum absolute atomic E-state index is 0.355. The average molecular weight is 338 g/mol. The lowest BCUT2D eigenvalue weighted by atomic mass is 9.90. The summed E-state index contributed by atoms with van der Waals surface area (Å²) in [6, 6.07) is 1.45. The van der Waals surface area contributed by atoms with E-state index in [1.165, 1.54) is 6.07 Å². The van der Waals surface area contributed by atoms with E-state index in [0.29, 0.717) is 18.1 Å². The zero-order chi connectivity index (χ0) is 18.1. The number of benzene rings is 1. The molecule has 0 unspecified atom stereocenters. The molecule has 0 saturated heterocycles. The molecular formula is C19H27FO4. The van der Waals surface area contributed by atoms with Crippen LogP contribution in [0.5, 0.6) is 5.75 Å². The van der Waals surface area contributed by atoms with Crippen LogP contribution in [0.2, 0.25) is 0 Å². The van der Waals surface area contributed by atoms with Crippen molar-refractivity contribution in [1.82, 2.24) is 0 Å². The Morgan fingerprint density at radius 3 is 2.62 bits per heavy atom. The summed E-state index contributed by atoms with van der Waals surface area (Å²) >= 11 is 0. The summed E-state index contributed by atoms with van der Waals surface area (Å²) in [5.74, 6) is 0.493. The SMILES string of the molecule is C/C(=C\c1cc(F)c2c(c1C)CCCO2)OOC(C)(C)C(C)(C)O. The maximum absolute atomic E-state index is 14.2. The van der Waals surface area contributed by atoms with Crippen molar-refractivity contribution in [3.8, 4) is 5.75 Å². The van der Waals surface area contributed by atoms with Crippen molar-refractivity contribution < 1.29 is 24.0 Å². The minimum atomic E-state index is -1.07. The molecule has 134 valence electrons. The Morgan fingerprint density at radius 2 is 2.00 bits per heavy atom. The van der Waals surface area contributed by atoms with Gasteiger partial charge in [-0.15, -0.1) is 0 Å². The van der Waals surface area contributed by atoms with Gasteiger partial charge in [-0.2, -0.15) is 4.89 Å². The molecule has 2 rings (SSSR count). The van der Waals surface area contributed by atoms with Gasteiger partial charge in [-0.05, 0) is 77.7 Å². The van der Waals surface area contributed by atoms with Crippen molar-refractivity contribution in [3.05, 3.63) is 34.3 Å². The maximum Gasteiger partial charge on any atom is 0.165 e. The first-order valence-electron chi connectivity index (χ1n) is 8.24. The summed E-state index contributed by atoms with van der Waals surface area (Å²) in [4.78, 5) is 10.7. The topological polar surface area (TPSA) is 47.9 Å². The van der Waals surface area contributed by atoms with E-state index in [4.69, 9.17) is 14.5 Å². The Balaban J connectivity index is 2.20. The van der Waals surface area contributed by atoms with E-state index in [1.54, 1.807) is 40.7 Å². The molecule has 0 bridgehead atoms. The molecule has 0 saturated carbocycles. The highest BCUT2D eigenvalue weighted by atomic mass is 19.1. The smallest absolute Gasteiger partial charge is 0.165 e. The standard InChI is InChI=1S/C19H27FO4/c1-12(23-24-19(5,6)18(3,4)21)10-14-11-16(20)17-15(13(14)2)8-7-9-22-17/h10-11,21H,7-9H2,1-6H3/b12-10+. The molecule has 0 radical (unpaired) electrons. The van der Waals surface area contributed by atoms with Crippen LogP contribution in [-0.2, 0) is 16.2 Å². The molecule has 1 heterocycles. The normalized spacial score (nSPS) is 15.8. The van der Waals surface area contributed by atoms with Crippen LogP contribution in [0.1, 0.15) is 57.7 Å². The molecule has 0 fully saturated rings. The van der Waals surface area contributed by atoms with Gasteiger partial charge < -0.3 is 14.7 Å². The van der Waals surface area contributed by atoms with Crippen molar-refractivity contribution in [1.29, 1.82) is 0 Å². The first kappa shape index (κ1) is 18.7. The molecule has 1 aliphatic rings. The number of ether oxygens (including phenoxy) is 1. The Labute approximate surface area is 143 Å². The van der Waals surface area contributed by atoms with E-state index in [-0.39, 0.29) is 5.82 Å². The highest BCUT2D eigenvalue weighted by Crippen LogP contribution is 2.34. The molecule has 0 aromatic heterocycles. The number of aliphatic hydroxyl groups is 1. The molecule has 5 heteroatoms. The third-order valence-electron chi connectivity index (χ3n) is 4.69. The van der Waals surface area contributed by atoms with E-state index in [9.17, 15) is 9.50 Å². The van der Waals surface area contributed by atoms with Crippen LogP contribution < -0.4 is 4.74 Å². The third kappa shape index (κ3) is 3.90. The highest BCUT2D eigenvalue weighted by molar-refractivity contribution is 5.60. The predicted octanol–water partition coefficient (Wildman–Crippen LogP) is 4.32. The molecule has 24 heavy (non-hydrogen) atoms. The van der Waals surface area contributed by atoms with Crippen molar-refractivity contribution in [2.75, 3.05) is 6.61 Å². The van der Waals surface area contributed by atoms with Crippen molar-refractivity contribution in [2.45, 2.75) is 65.6 Å². The van der Waals surface area contributed by atoms with Crippen molar-refractivity contribution in [2.24, 2.45) is 0 Å². The maximum atomic E-state index is 14.2. The summed E-state index contributed by atoms with van der Waals surface area (Å²) in [7, 11) is 0. The fraction of sp³-hybridized carbons (Fsp3) is 0.579. The molecule has 0 aliphatic carbocycles. The van der Waals surface area contributed by atoms with Gasteiger partial charge in [0.05, 0.1) is 12.2 Å². The molecule has 4 nitrogen and oxygen atoms in total. The Morgan fingerprint density at radius 1 is 1.33 bits per heavy atom. The second-order valence-electron chi connectivity index (χ2n) is 7.32. The highest BCUT2D eigenvalue weighted by Gasteiger charge is 2.38. The lowest BCUT2D eigenvalue weighted by Crippen LogP contribution is -2.47. The molecule has 1 N–H and O–H groups in total. The van der Waals surface area contributed by atoms with Gasteiger partial charge in [0.1, 0.15) is 11.4 Å². The largest absolute Gasteiger partial charge is 0.490 e. The Hall–Kier alpha value is -1.59. The summed E-state index contributed by atoms with van der Waals surface area (Å²) < 4.78 is 19.7. The molecule has 1 aromatic carbocycles. The fourth-order valence-corrected chi connectivity index (χ4v) is 2.34. The van der Waals surface area contributed by atoms with E-state index in [2.05, 4.69) is 0 Å². The van der Waals surface area contributed by atoms with Crippen LogP contribution in [-0.4, -0.2) is 22.9 Å². The quantitative estimate of drug-likeness (QED) is 0.493. The summed E-state index contributed by atoms with van der Waals surface area (Å²) in [6.45, 7) is 11.0. The van der Waals surface area contributed by atoms with E-state index in [1.807, 2.05) is 6.92 Å². The molecule has 0 spiro atoms. The zero-order valence-electron chi connectivity index (χ0n) is 15.3. The fourth-order valence-electron chi connectivity index (χ4n) is 2.34. The molecule has 1 aromatic rings. The Bertz CT molecular complexity index is 642. The zero-order valence-corrected chi connectivity index (χ0v) is 15.3. The second-order valence-corrected chi connectivity index (χ2v) is 7.32. The van der Waals surface area contributed by atoms with Crippen LogP contribution in [0, 0.1) is 12.7 Å². The molecule has 0 atom stereocenters. The van der Waals surface area contributed by atoms with Crippen molar-refractivity contribution >= 4 is 6.08 Å². The van der Waals surface area contributed by atoms with Crippen LogP contribution >= 0.6 is 0 Å². The summed E-state index contributed by atoms with van der Waals surface area (Å²) in [6.07, 6.45) is 3.43. The van der Waals surface area contributed by atoms with E-state index < -0.39 is 11.2 Å². The molecular weight excluding hydrogens is 311 g/mol. The van der Waals surface area contributed by atoms with Gasteiger partial charge in [0.25, 0.3) is 0 Å². The van der Waals surface area contributed by atoms with Gasteiger partial charge in [0, 0.05) is 5.56 Å². The third-order valence-corrected chi connectivity index (χ3v) is 4.69. The van der Waals surface area contributed by atoms with Gasteiger partial charge in [0.2, 0.25) is 0 Å². The van der Waals surface area contributed by atoms with Crippen LogP contribution in [0.3, 0.4) is 0 Å². The van der Waals surface area contributed by atoms with Gasteiger partial charge in [-0.25, -0.2) is 4.39 Å². The van der Waals surface area contributed by atoms with Crippen LogP contribution in [0.15, 0.2) is 11.8 Å². The molecule has 1 aliphatic heterocycles. The first-order valence-corrected chi connectivity index (χ1v) is 8.24. The van der Waals surface area contributed by atoms with Crippen LogP contribution in [0.25, 0.3) is 6.08 Å². The summed E-state index contributed by atoms with van der Waals surface area (Å²) in [5.41, 5.74) is 0.664. The predicted molar refractivity (Wildman–Crippen MR) is 91.2 cm³/mol. The number of fused-ring (bicyclic) bond motifs is 1. The lowest BCUT2D eigenvalue weighted by Gasteiger charge is -2.35. The Kier molecular flexibility index (Phi) is 5.25. The van der Waals surface area contributed by atoms with Gasteiger partial charge in [0.15, 0.2) is 11.6 Å². The van der Waals surface area contributed by atoms with Crippen molar-refractivity contribution in [3.63, 3.8) is 0 Å². The van der Waals surface area contributed by atoms with Gasteiger partial charge in [-0.3, -0.25) is 0 Å². The van der Waals surface area contributed by atoms with Gasteiger partial charge >= 0.3 is 0 Å². The lowest BCUT2D eigenvalue weighted by molar-refractivity contribution is -0.357. The number of allylic oxidation sites excluding steroid dienone is 1. The first-order chi connectivity index (χ1) is 11.0. The summed E-state index contributed by atoms with van der Waals surface area (Å²) in [5, 5.41) is 10.1.